The monoisotopic (exact) mass is 349 g/mol. The molecule has 0 aromatic heterocycles. The molecule has 0 aromatic rings. The Balaban J connectivity index is -0.0000000450. The summed E-state index contributed by atoms with van der Waals surface area (Å²) in [6.07, 6.45) is 0. The summed E-state index contributed by atoms with van der Waals surface area (Å²) in [6, 6.07) is 0. The van der Waals surface area contributed by atoms with E-state index in [2.05, 4.69) is 0 Å². The van der Waals surface area contributed by atoms with E-state index >= 15 is 0 Å². The minimum atomic E-state index is -0.833. The predicted molar refractivity (Wildman–Crippen MR) is 39.9 cm³/mol. The van der Waals surface area contributed by atoms with Crippen LogP contribution < -0.4 is 0 Å². The first-order valence-electron chi connectivity index (χ1n) is 2.78. The van der Waals surface area contributed by atoms with Crippen molar-refractivity contribution in [3.63, 3.8) is 0 Å². The van der Waals surface area contributed by atoms with Crippen LogP contribution in [0.1, 0.15) is 20.8 Å². The summed E-state index contributed by atoms with van der Waals surface area (Å²) in [7, 11) is 0. The van der Waals surface area contributed by atoms with Crippen LogP contribution in [0, 0.1) is 36.9 Å². The quantitative estimate of drug-likeness (QED) is 0.579. The fourth-order valence-corrected chi connectivity index (χ4v) is 0. The Kier molecular flexibility index (Phi) is 31.2. The molecule has 13 heavy (non-hydrogen) atoms. The molecular weight excluding hydrogens is 337 g/mol. The van der Waals surface area contributed by atoms with Crippen molar-refractivity contribution in [3.8, 4) is 0 Å². The van der Waals surface area contributed by atoms with Crippen LogP contribution in [0.2, 0.25) is 0 Å². The van der Waals surface area contributed by atoms with Gasteiger partial charge in [0.1, 0.15) is 0 Å². The van der Waals surface area contributed by atoms with E-state index in [1.807, 2.05) is 0 Å². The van der Waals surface area contributed by atoms with Crippen molar-refractivity contribution in [1.82, 2.24) is 0 Å². The first kappa shape index (κ1) is 22.9. The van der Waals surface area contributed by atoms with Gasteiger partial charge in [-0.2, -0.15) is 0 Å². The molecule has 3 N–H and O–H groups in total. The minimum absolute atomic E-state index is 0. The zero-order chi connectivity index (χ0) is 10.7. The Hall–Kier alpha value is -0.356. The van der Waals surface area contributed by atoms with Gasteiger partial charge in [0.25, 0.3) is 17.9 Å². The molecule has 0 heterocycles. The minimum Gasteiger partial charge on any atom is -0.481 e. The number of hydrogen-bond donors (Lipinski definition) is 3. The average molecular weight is 349 g/mol. The standard InChI is InChI=1S/3C2H4O2.Tm/c3*1-2(3)4;/h3*1H3,(H,3,4);. The molecule has 0 aliphatic rings. The van der Waals surface area contributed by atoms with Crippen molar-refractivity contribution in [2.24, 2.45) is 0 Å². The van der Waals surface area contributed by atoms with Gasteiger partial charge in [-0.15, -0.1) is 0 Å². The van der Waals surface area contributed by atoms with Crippen molar-refractivity contribution in [3.05, 3.63) is 0 Å². The predicted octanol–water partition coefficient (Wildman–Crippen LogP) is 0.273. The molecule has 0 bridgehead atoms. The van der Waals surface area contributed by atoms with E-state index in [4.69, 9.17) is 29.7 Å². The Labute approximate surface area is 105 Å². The zero-order valence-corrected chi connectivity index (χ0v) is 9.12. The van der Waals surface area contributed by atoms with Crippen molar-refractivity contribution >= 4 is 17.9 Å². The van der Waals surface area contributed by atoms with Gasteiger partial charge in [0.2, 0.25) is 0 Å². The normalized spacial score (nSPS) is 5.77. The molecule has 0 saturated carbocycles. The Morgan fingerprint density at radius 1 is 0.692 bits per heavy atom. The van der Waals surface area contributed by atoms with Crippen molar-refractivity contribution in [1.29, 1.82) is 0 Å². The van der Waals surface area contributed by atoms with Crippen LogP contribution in [0.4, 0.5) is 0 Å². The topological polar surface area (TPSA) is 112 Å². The molecule has 1 radical (unpaired) electrons. The zero-order valence-electron chi connectivity index (χ0n) is 7.34. The average Bonchev–Trinajstić information content (AvgIpc) is 1.54. The van der Waals surface area contributed by atoms with Crippen LogP contribution in [-0.4, -0.2) is 33.2 Å². The molecule has 85 valence electrons. The summed E-state index contributed by atoms with van der Waals surface area (Å²) >= 11 is 0. The number of aliphatic carboxylic acids is 3. The van der Waals surface area contributed by atoms with Gasteiger partial charge < -0.3 is 15.3 Å². The van der Waals surface area contributed by atoms with Crippen LogP contribution in [0.15, 0.2) is 0 Å². The van der Waals surface area contributed by atoms with E-state index in [1.54, 1.807) is 0 Å². The molecule has 0 unspecified atom stereocenters. The van der Waals surface area contributed by atoms with Crippen molar-refractivity contribution in [2.75, 3.05) is 0 Å². The van der Waals surface area contributed by atoms with E-state index in [-0.39, 0.29) is 36.9 Å². The smallest absolute Gasteiger partial charge is 0.300 e. The summed E-state index contributed by atoms with van der Waals surface area (Å²) in [4.78, 5) is 27.0. The van der Waals surface area contributed by atoms with Gasteiger partial charge in [0, 0.05) is 57.6 Å². The fourth-order valence-electron chi connectivity index (χ4n) is 0. The summed E-state index contributed by atoms with van der Waals surface area (Å²) in [6.45, 7) is 3.25. The van der Waals surface area contributed by atoms with E-state index in [0.717, 1.165) is 20.8 Å². The van der Waals surface area contributed by atoms with Crippen LogP contribution >= 0.6 is 0 Å². The van der Waals surface area contributed by atoms with Crippen LogP contribution in [0.3, 0.4) is 0 Å². The number of hydrogen-bond acceptors (Lipinski definition) is 3. The van der Waals surface area contributed by atoms with Crippen molar-refractivity contribution in [2.45, 2.75) is 20.8 Å². The van der Waals surface area contributed by atoms with Crippen LogP contribution in [0.5, 0.6) is 0 Å². The molecule has 0 amide bonds. The van der Waals surface area contributed by atoms with Gasteiger partial charge in [-0.1, -0.05) is 0 Å². The third kappa shape index (κ3) is 8530. The molecular formula is C6H12O6Tm. The maximum absolute atomic E-state index is 9.00. The number of carboxylic acids is 3. The third-order valence-electron chi connectivity index (χ3n) is 0. The summed E-state index contributed by atoms with van der Waals surface area (Å²) < 4.78 is 0. The summed E-state index contributed by atoms with van der Waals surface area (Å²) in [5.41, 5.74) is 0. The summed E-state index contributed by atoms with van der Waals surface area (Å²) in [5, 5.41) is 22.2. The molecule has 7 heteroatoms. The molecule has 0 fully saturated rings. The van der Waals surface area contributed by atoms with Gasteiger partial charge in [-0.05, 0) is 0 Å². The Morgan fingerprint density at radius 3 is 0.692 bits per heavy atom. The molecule has 0 aliphatic carbocycles. The fraction of sp³-hybridized carbons (Fsp3) is 0.500. The van der Waals surface area contributed by atoms with E-state index in [1.165, 1.54) is 0 Å². The maximum Gasteiger partial charge on any atom is 0.300 e. The molecule has 0 atom stereocenters. The third-order valence-corrected chi connectivity index (χ3v) is 0. The second-order valence-electron chi connectivity index (χ2n) is 1.56. The first-order valence-corrected chi connectivity index (χ1v) is 2.78. The van der Waals surface area contributed by atoms with E-state index in [0.29, 0.717) is 0 Å². The maximum atomic E-state index is 9.00. The van der Waals surface area contributed by atoms with E-state index < -0.39 is 17.9 Å². The second-order valence-corrected chi connectivity index (χ2v) is 1.56. The molecule has 0 rings (SSSR count). The largest absolute Gasteiger partial charge is 0.481 e. The van der Waals surface area contributed by atoms with Gasteiger partial charge in [0.05, 0.1) is 0 Å². The number of rotatable bonds is 0. The molecule has 0 aromatic carbocycles. The summed E-state index contributed by atoms with van der Waals surface area (Å²) in [5.74, 6) is -2.50. The first-order chi connectivity index (χ1) is 5.20. The van der Waals surface area contributed by atoms with Gasteiger partial charge in [-0.25, -0.2) is 0 Å². The molecule has 6 nitrogen and oxygen atoms in total. The second kappa shape index (κ2) is 17.7. The van der Waals surface area contributed by atoms with Crippen molar-refractivity contribution < 1.29 is 66.6 Å². The number of carbonyl (C=O) groups is 3. The Morgan fingerprint density at radius 2 is 0.692 bits per heavy atom. The van der Waals surface area contributed by atoms with Gasteiger partial charge in [0.15, 0.2) is 0 Å². The van der Waals surface area contributed by atoms with Crippen LogP contribution in [0.25, 0.3) is 0 Å². The van der Waals surface area contributed by atoms with Crippen LogP contribution in [-0.2, 0) is 14.4 Å². The number of carboxylic acid groups (broad SMARTS) is 3. The van der Waals surface area contributed by atoms with Gasteiger partial charge in [-0.3, -0.25) is 14.4 Å². The molecule has 0 spiro atoms. The Bertz CT molecular complexity index is 115. The molecule has 0 saturated heterocycles. The molecule has 0 aliphatic heterocycles. The van der Waals surface area contributed by atoms with E-state index in [9.17, 15) is 0 Å². The SMILES string of the molecule is CC(=O)O.CC(=O)O.CC(=O)O.[Tm]. The van der Waals surface area contributed by atoms with Gasteiger partial charge >= 0.3 is 0 Å².